The molecule has 12 heavy (non-hydrogen) atoms. The number of nitrogens with zero attached hydrogens (tertiary/aromatic N) is 1. The molecule has 0 aromatic carbocycles. The molecule has 0 aromatic rings. The van der Waals surface area contributed by atoms with Crippen molar-refractivity contribution in [3.63, 3.8) is 0 Å². The van der Waals surface area contributed by atoms with Crippen molar-refractivity contribution in [2.75, 3.05) is 0 Å². The Morgan fingerprint density at radius 1 is 1.08 bits per heavy atom. The zero-order valence-electron chi connectivity index (χ0n) is 7.50. The van der Waals surface area contributed by atoms with Crippen molar-refractivity contribution in [1.29, 1.82) is 0 Å². The maximum atomic E-state index is 8.67. The highest BCUT2D eigenvalue weighted by atomic mass is 16.4. The summed E-state index contributed by atoms with van der Waals surface area (Å²) in [5.74, 6) is 1.79. The van der Waals surface area contributed by atoms with E-state index in [1.807, 2.05) is 0 Å². The van der Waals surface area contributed by atoms with Crippen LogP contribution in [0.4, 0.5) is 0 Å². The van der Waals surface area contributed by atoms with Gasteiger partial charge in [0.2, 0.25) is 0 Å². The molecule has 2 unspecified atom stereocenters. The van der Waals surface area contributed by atoms with Crippen LogP contribution in [-0.2, 0) is 0 Å². The van der Waals surface area contributed by atoms with E-state index in [2.05, 4.69) is 5.16 Å². The van der Waals surface area contributed by atoms with Crippen LogP contribution < -0.4 is 0 Å². The Morgan fingerprint density at radius 3 is 2.58 bits per heavy atom. The molecule has 0 saturated heterocycles. The molecule has 2 atom stereocenters. The van der Waals surface area contributed by atoms with Gasteiger partial charge < -0.3 is 5.21 Å². The highest BCUT2D eigenvalue weighted by Gasteiger charge is 2.30. The molecule has 0 heterocycles. The lowest BCUT2D eigenvalue weighted by atomic mass is 9.70. The molecule has 68 valence electrons. The Morgan fingerprint density at radius 2 is 1.83 bits per heavy atom. The van der Waals surface area contributed by atoms with Gasteiger partial charge in [0.25, 0.3) is 0 Å². The molecular weight excluding hydrogens is 150 g/mol. The predicted molar refractivity (Wildman–Crippen MR) is 48.5 cm³/mol. The summed E-state index contributed by atoms with van der Waals surface area (Å²) in [6.45, 7) is 0. The third kappa shape index (κ3) is 1.47. The predicted octanol–water partition coefficient (Wildman–Crippen LogP) is 2.81. The Labute approximate surface area is 73.7 Å². The second kappa shape index (κ2) is 3.46. The lowest BCUT2D eigenvalue weighted by molar-refractivity contribution is 0.212. The van der Waals surface area contributed by atoms with Crippen molar-refractivity contribution in [3.8, 4) is 0 Å². The van der Waals surface area contributed by atoms with E-state index in [1.54, 1.807) is 0 Å². The molecule has 1 N–H and O–H groups in total. The molecule has 0 radical (unpaired) electrons. The number of oxime groups is 1. The standard InChI is InChI=1S/C10H17NO/c12-11-10-6-5-8-3-1-2-4-9(8)7-10/h8-9,12H,1-7H2. The van der Waals surface area contributed by atoms with Gasteiger partial charge in [-0.05, 0) is 37.5 Å². The smallest absolute Gasteiger partial charge is 0.0573 e. The Hall–Kier alpha value is -0.530. The minimum atomic E-state index is 0.846. The van der Waals surface area contributed by atoms with E-state index in [0.717, 1.165) is 30.4 Å². The van der Waals surface area contributed by atoms with Crippen molar-refractivity contribution in [3.05, 3.63) is 0 Å². The maximum Gasteiger partial charge on any atom is 0.0573 e. The minimum absolute atomic E-state index is 0.846. The summed E-state index contributed by atoms with van der Waals surface area (Å²) < 4.78 is 0. The van der Waals surface area contributed by atoms with E-state index < -0.39 is 0 Å². The fraction of sp³-hybridized carbons (Fsp3) is 0.900. The first-order chi connectivity index (χ1) is 5.90. The van der Waals surface area contributed by atoms with Gasteiger partial charge in [0.15, 0.2) is 0 Å². The van der Waals surface area contributed by atoms with Crippen molar-refractivity contribution in [2.45, 2.75) is 44.9 Å². The molecule has 2 saturated carbocycles. The van der Waals surface area contributed by atoms with Gasteiger partial charge >= 0.3 is 0 Å². The van der Waals surface area contributed by atoms with Crippen LogP contribution in [0, 0.1) is 11.8 Å². The highest BCUT2D eigenvalue weighted by molar-refractivity contribution is 5.84. The average Bonchev–Trinajstić information content (AvgIpc) is 2.17. The molecule has 0 bridgehead atoms. The van der Waals surface area contributed by atoms with E-state index in [1.165, 1.54) is 32.1 Å². The molecule has 0 spiro atoms. The summed E-state index contributed by atoms with van der Waals surface area (Å²) in [4.78, 5) is 0. The Kier molecular flexibility index (Phi) is 2.33. The number of hydrogen-bond donors (Lipinski definition) is 1. The van der Waals surface area contributed by atoms with Crippen LogP contribution in [0.5, 0.6) is 0 Å². The van der Waals surface area contributed by atoms with Gasteiger partial charge in [-0.25, -0.2) is 0 Å². The van der Waals surface area contributed by atoms with E-state index in [0.29, 0.717) is 0 Å². The van der Waals surface area contributed by atoms with Gasteiger partial charge in [0.05, 0.1) is 5.71 Å². The quantitative estimate of drug-likeness (QED) is 0.436. The topological polar surface area (TPSA) is 32.6 Å². The number of fused-ring (bicyclic) bond motifs is 1. The van der Waals surface area contributed by atoms with Gasteiger partial charge in [0, 0.05) is 0 Å². The number of rotatable bonds is 0. The van der Waals surface area contributed by atoms with Crippen LogP contribution in [0.15, 0.2) is 5.16 Å². The SMILES string of the molecule is ON=C1CCC2CCCCC2C1. The van der Waals surface area contributed by atoms with Crippen LogP contribution in [0.25, 0.3) is 0 Å². The summed E-state index contributed by atoms with van der Waals surface area (Å²) in [5.41, 5.74) is 1.04. The molecule has 2 rings (SSSR count). The van der Waals surface area contributed by atoms with Crippen LogP contribution in [0.2, 0.25) is 0 Å². The van der Waals surface area contributed by atoms with Crippen molar-refractivity contribution in [1.82, 2.24) is 0 Å². The summed E-state index contributed by atoms with van der Waals surface area (Å²) in [7, 11) is 0. The van der Waals surface area contributed by atoms with Gasteiger partial charge in [-0.3, -0.25) is 0 Å². The van der Waals surface area contributed by atoms with Crippen LogP contribution in [0.1, 0.15) is 44.9 Å². The number of hydrogen-bond acceptors (Lipinski definition) is 2. The normalized spacial score (nSPS) is 39.5. The second-order valence-corrected chi connectivity index (χ2v) is 4.21. The Balaban J connectivity index is 1.98. The molecule has 0 aromatic heterocycles. The minimum Gasteiger partial charge on any atom is -0.411 e. The second-order valence-electron chi connectivity index (χ2n) is 4.21. The molecule has 2 heteroatoms. The highest BCUT2D eigenvalue weighted by Crippen LogP contribution is 2.39. The van der Waals surface area contributed by atoms with Gasteiger partial charge in [-0.1, -0.05) is 24.4 Å². The summed E-state index contributed by atoms with van der Waals surface area (Å²) in [6, 6.07) is 0. The van der Waals surface area contributed by atoms with E-state index >= 15 is 0 Å². The Bertz CT molecular complexity index is 188. The van der Waals surface area contributed by atoms with Crippen LogP contribution >= 0.6 is 0 Å². The van der Waals surface area contributed by atoms with Gasteiger partial charge in [0.1, 0.15) is 0 Å². The third-order valence-electron chi connectivity index (χ3n) is 3.51. The third-order valence-corrected chi connectivity index (χ3v) is 3.51. The molecule has 2 aliphatic rings. The summed E-state index contributed by atoms with van der Waals surface area (Å²) >= 11 is 0. The maximum absolute atomic E-state index is 8.67. The van der Waals surface area contributed by atoms with E-state index in [-0.39, 0.29) is 0 Å². The van der Waals surface area contributed by atoms with Crippen LogP contribution in [0.3, 0.4) is 0 Å². The monoisotopic (exact) mass is 167 g/mol. The molecule has 2 aliphatic carbocycles. The van der Waals surface area contributed by atoms with Crippen molar-refractivity contribution < 1.29 is 5.21 Å². The van der Waals surface area contributed by atoms with Gasteiger partial charge in [-0.2, -0.15) is 0 Å². The summed E-state index contributed by atoms with van der Waals surface area (Å²) in [5, 5.41) is 12.0. The summed E-state index contributed by atoms with van der Waals surface area (Å²) in [6.07, 6.45) is 8.97. The van der Waals surface area contributed by atoms with Crippen LogP contribution in [-0.4, -0.2) is 10.9 Å². The fourth-order valence-corrected chi connectivity index (χ4v) is 2.78. The zero-order valence-corrected chi connectivity index (χ0v) is 7.50. The molecule has 0 amide bonds. The molecule has 0 aliphatic heterocycles. The molecule has 2 nitrogen and oxygen atoms in total. The first-order valence-corrected chi connectivity index (χ1v) is 5.10. The average molecular weight is 167 g/mol. The van der Waals surface area contributed by atoms with Crippen molar-refractivity contribution >= 4 is 5.71 Å². The van der Waals surface area contributed by atoms with Crippen molar-refractivity contribution in [2.24, 2.45) is 17.0 Å². The van der Waals surface area contributed by atoms with E-state index in [9.17, 15) is 0 Å². The first kappa shape index (κ1) is 8.09. The first-order valence-electron chi connectivity index (χ1n) is 5.10. The molecular formula is C10H17NO. The zero-order chi connectivity index (χ0) is 8.39. The lowest BCUT2D eigenvalue weighted by Gasteiger charge is -2.35. The van der Waals surface area contributed by atoms with Gasteiger partial charge in [-0.15, -0.1) is 0 Å². The van der Waals surface area contributed by atoms with E-state index in [4.69, 9.17) is 5.21 Å². The lowest BCUT2D eigenvalue weighted by Crippen LogP contribution is -2.27. The largest absolute Gasteiger partial charge is 0.411 e. The fourth-order valence-electron chi connectivity index (χ4n) is 2.78. The molecule has 2 fully saturated rings.